The zero-order valence-corrected chi connectivity index (χ0v) is 14.1. The van der Waals surface area contributed by atoms with Gasteiger partial charge in [0, 0.05) is 18.7 Å². The molecule has 0 saturated heterocycles. The molecule has 1 aromatic rings. The Kier molecular flexibility index (Phi) is 4.25. The summed E-state index contributed by atoms with van der Waals surface area (Å²) in [5, 5.41) is 10.8. The van der Waals surface area contributed by atoms with E-state index in [1.165, 1.54) is 24.4 Å². The number of hydrogen-bond acceptors (Lipinski definition) is 4. The third-order valence-electron chi connectivity index (χ3n) is 4.44. The maximum absolute atomic E-state index is 15.0. The summed E-state index contributed by atoms with van der Waals surface area (Å²) in [6.45, 7) is 3.87. The lowest BCUT2D eigenvalue weighted by atomic mass is 9.67. The molecule has 0 radical (unpaired) electrons. The summed E-state index contributed by atoms with van der Waals surface area (Å²) in [5.74, 6) is -3.96. The number of benzene rings is 1. The van der Waals surface area contributed by atoms with E-state index in [9.17, 15) is 18.4 Å². The first-order valence-electron chi connectivity index (χ1n) is 7.92. The van der Waals surface area contributed by atoms with Crippen molar-refractivity contribution in [1.29, 1.82) is 0 Å². The number of hydroxylamine groups is 2. The highest BCUT2D eigenvalue weighted by atomic mass is 19.3. The first-order chi connectivity index (χ1) is 11.7. The smallest absolute Gasteiger partial charge is 0.261 e. The van der Waals surface area contributed by atoms with Gasteiger partial charge >= 0.3 is 0 Å². The van der Waals surface area contributed by atoms with Gasteiger partial charge in [-0.15, -0.1) is 0 Å². The van der Waals surface area contributed by atoms with Gasteiger partial charge in [0.05, 0.1) is 18.4 Å². The zero-order chi connectivity index (χ0) is 18.4. The lowest BCUT2D eigenvalue weighted by Crippen LogP contribution is -2.54. The van der Waals surface area contributed by atoms with Crippen LogP contribution in [-0.4, -0.2) is 34.7 Å². The van der Waals surface area contributed by atoms with Crippen LogP contribution in [0, 0.1) is 5.82 Å². The molecule has 0 fully saturated rings. The number of amidine groups is 1. The van der Waals surface area contributed by atoms with Crippen molar-refractivity contribution in [3.8, 4) is 0 Å². The number of fused-ring (bicyclic) bond motifs is 2. The van der Waals surface area contributed by atoms with Crippen molar-refractivity contribution in [2.24, 2.45) is 4.99 Å². The molecular weight excluding hydrogens is 333 g/mol. The van der Waals surface area contributed by atoms with Crippen molar-refractivity contribution in [2.75, 3.05) is 6.61 Å². The summed E-state index contributed by atoms with van der Waals surface area (Å²) in [5.41, 5.74) is -1.67. The van der Waals surface area contributed by atoms with E-state index in [1.807, 2.05) is 0 Å². The molecule has 1 unspecified atom stereocenters. The molecule has 0 bridgehead atoms. The first kappa shape index (κ1) is 17.7. The fraction of sp³-hybridized carbons (Fsp3) is 0.389. The molecular formula is C18H19F3N2O2. The van der Waals surface area contributed by atoms with E-state index >= 15 is 0 Å². The number of hydrogen-bond donors (Lipinski definition) is 1. The molecule has 1 atom stereocenters. The second kappa shape index (κ2) is 6.00. The number of alkyl halides is 2. The van der Waals surface area contributed by atoms with Gasteiger partial charge in [-0.3, -0.25) is 5.21 Å². The van der Waals surface area contributed by atoms with E-state index in [2.05, 4.69) is 4.99 Å². The molecule has 2 heterocycles. The number of aliphatic imine (C=N–C) groups is 1. The number of allylic oxidation sites excluding steroid dienone is 2. The van der Waals surface area contributed by atoms with Crippen LogP contribution in [0.5, 0.6) is 0 Å². The molecule has 0 spiro atoms. The highest BCUT2D eigenvalue weighted by Crippen LogP contribution is 2.52. The Morgan fingerprint density at radius 2 is 2.08 bits per heavy atom. The Morgan fingerprint density at radius 1 is 1.36 bits per heavy atom. The molecule has 7 heteroatoms. The maximum Gasteiger partial charge on any atom is 0.261 e. The van der Waals surface area contributed by atoms with Crippen molar-refractivity contribution in [3.63, 3.8) is 0 Å². The van der Waals surface area contributed by atoms with Crippen LogP contribution in [0.3, 0.4) is 0 Å². The third kappa shape index (κ3) is 2.77. The molecule has 2 aliphatic rings. The number of ether oxygens (including phenoxy) is 1. The Bertz CT molecular complexity index is 781. The van der Waals surface area contributed by atoms with Crippen LogP contribution in [-0.2, 0) is 10.2 Å². The number of halogens is 3. The molecule has 0 amide bonds. The minimum Gasteiger partial charge on any atom is -0.377 e. The minimum absolute atomic E-state index is 0.0181. The number of nitrogens with zero attached hydrogens (tertiary/aromatic N) is 2. The highest BCUT2D eigenvalue weighted by Gasteiger charge is 2.58. The van der Waals surface area contributed by atoms with Crippen molar-refractivity contribution in [3.05, 3.63) is 53.5 Å². The summed E-state index contributed by atoms with van der Waals surface area (Å²) < 4.78 is 49.5. The second-order valence-electron chi connectivity index (χ2n) is 6.52. The normalized spacial score (nSPS) is 22.5. The van der Waals surface area contributed by atoms with Gasteiger partial charge in [-0.2, -0.15) is 0 Å². The Morgan fingerprint density at radius 3 is 2.72 bits per heavy atom. The van der Waals surface area contributed by atoms with Crippen molar-refractivity contribution in [2.45, 2.75) is 38.2 Å². The Labute approximate surface area is 143 Å². The molecule has 25 heavy (non-hydrogen) atoms. The van der Waals surface area contributed by atoms with Gasteiger partial charge in [0.2, 0.25) is 0 Å². The molecule has 2 aliphatic heterocycles. The van der Waals surface area contributed by atoms with Crippen LogP contribution >= 0.6 is 0 Å². The predicted molar refractivity (Wildman–Crippen MR) is 87.7 cm³/mol. The van der Waals surface area contributed by atoms with Crippen LogP contribution < -0.4 is 0 Å². The monoisotopic (exact) mass is 352 g/mol. The van der Waals surface area contributed by atoms with Crippen LogP contribution in [0.2, 0.25) is 0 Å². The molecule has 1 aromatic carbocycles. The zero-order valence-electron chi connectivity index (χ0n) is 14.1. The number of rotatable bonds is 4. The quantitative estimate of drug-likeness (QED) is 0.877. The molecule has 4 nitrogen and oxygen atoms in total. The van der Waals surface area contributed by atoms with Gasteiger partial charge in [0.15, 0.2) is 5.84 Å². The topological polar surface area (TPSA) is 45.1 Å². The largest absolute Gasteiger partial charge is 0.377 e. The van der Waals surface area contributed by atoms with Gasteiger partial charge in [-0.05, 0) is 43.7 Å². The average molecular weight is 352 g/mol. The Hall–Kier alpha value is -2.12. The van der Waals surface area contributed by atoms with Gasteiger partial charge in [0.25, 0.3) is 5.92 Å². The predicted octanol–water partition coefficient (Wildman–Crippen LogP) is 4.33. The van der Waals surface area contributed by atoms with E-state index in [-0.39, 0.29) is 35.4 Å². The maximum atomic E-state index is 15.0. The molecule has 0 aliphatic carbocycles. The van der Waals surface area contributed by atoms with Crippen LogP contribution in [0.4, 0.5) is 18.9 Å². The summed E-state index contributed by atoms with van der Waals surface area (Å²) in [4.78, 5) is 4.24. The van der Waals surface area contributed by atoms with E-state index < -0.39 is 17.2 Å². The minimum atomic E-state index is -3.30. The molecule has 1 N–H and O–H groups in total. The summed E-state index contributed by atoms with van der Waals surface area (Å²) in [7, 11) is 0. The third-order valence-corrected chi connectivity index (χ3v) is 4.44. The van der Waals surface area contributed by atoms with E-state index in [0.29, 0.717) is 5.06 Å². The molecule has 134 valence electrons. The second-order valence-corrected chi connectivity index (χ2v) is 6.52. The fourth-order valence-corrected chi connectivity index (χ4v) is 3.19. The van der Waals surface area contributed by atoms with Crippen molar-refractivity contribution < 1.29 is 23.1 Å². The van der Waals surface area contributed by atoms with Gasteiger partial charge in [-0.25, -0.2) is 23.2 Å². The van der Waals surface area contributed by atoms with Crippen LogP contribution in [0.1, 0.15) is 26.3 Å². The summed E-state index contributed by atoms with van der Waals surface area (Å²) in [6.07, 6.45) is 3.90. The van der Waals surface area contributed by atoms with E-state index in [4.69, 9.17) is 4.74 Å². The SMILES string of the molecule is CC(C)OCC1(C(C)(F)F)C2=CC=CN(O)C2=Nc2ccc(F)cc21. The van der Waals surface area contributed by atoms with Gasteiger partial charge in [0.1, 0.15) is 11.2 Å². The van der Waals surface area contributed by atoms with Crippen molar-refractivity contribution in [1.82, 2.24) is 5.06 Å². The van der Waals surface area contributed by atoms with Crippen molar-refractivity contribution >= 4 is 11.5 Å². The average Bonchev–Trinajstić information content (AvgIpc) is 2.51. The Balaban J connectivity index is 2.32. The standard InChI is InChI=1S/C18H19F3N2O2/c1-11(2)25-10-18(17(3,20)21)13-5-4-8-23(24)16(13)22-15-7-6-12(19)9-14(15)18/h4-9,11,24H,10H2,1-3H3. The van der Waals surface area contributed by atoms with Gasteiger partial charge in [-0.1, -0.05) is 6.08 Å². The lowest BCUT2D eigenvalue weighted by molar-refractivity contribution is -0.0882. The summed E-state index contributed by atoms with van der Waals surface area (Å²) >= 11 is 0. The lowest BCUT2D eigenvalue weighted by Gasteiger charge is -2.45. The molecule has 0 aromatic heterocycles. The van der Waals surface area contributed by atoms with Crippen LogP contribution in [0.15, 0.2) is 47.1 Å². The van der Waals surface area contributed by atoms with E-state index in [0.717, 1.165) is 19.1 Å². The van der Waals surface area contributed by atoms with E-state index in [1.54, 1.807) is 13.8 Å². The molecule has 0 saturated carbocycles. The first-order valence-corrected chi connectivity index (χ1v) is 7.92. The summed E-state index contributed by atoms with van der Waals surface area (Å²) in [6, 6.07) is 3.55. The highest BCUT2D eigenvalue weighted by molar-refractivity contribution is 6.05. The molecule has 3 rings (SSSR count). The fourth-order valence-electron chi connectivity index (χ4n) is 3.19. The van der Waals surface area contributed by atoms with Gasteiger partial charge < -0.3 is 4.74 Å². The van der Waals surface area contributed by atoms with Crippen LogP contribution in [0.25, 0.3) is 0 Å².